The third-order valence-electron chi connectivity index (χ3n) is 3.68. The summed E-state index contributed by atoms with van der Waals surface area (Å²) in [6.07, 6.45) is 0.296. The molecule has 7 heteroatoms. The van der Waals surface area contributed by atoms with Crippen LogP contribution >= 0.6 is 0 Å². The van der Waals surface area contributed by atoms with Crippen LogP contribution in [-0.2, 0) is 16.0 Å². The molecule has 0 aromatic heterocycles. The molecule has 0 aliphatic rings. The Morgan fingerprint density at radius 1 is 1.04 bits per heavy atom. The van der Waals surface area contributed by atoms with E-state index in [0.29, 0.717) is 17.9 Å². The molecule has 0 bridgehead atoms. The number of esters is 1. The van der Waals surface area contributed by atoms with E-state index in [1.807, 2.05) is 0 Å². The van der Waals surface area contributed by atoms with E-state index in [9.17, 15) is 18.4 Å². The van der Waals surface area contributed by atoms with Crippen LogP contribution < -0.4 is 9.47 Å². The van der Waals surface area contributed by atoms with Crippen molar-refractivity contribution < 1.29 is 32.6 Å². The molecule has 26 heavy (non-hydrogen) atoms. The number of carbonyl (C=O) groups is 2. The zero-order chi connectivity index (χ0) is 19.1. The van der Waals surface area contributed by atoms with E-state index in [-0.39, 0.29) is 6.42 Å². The minimum absolute atomic E-state index is 0.0115. The van der Waals surface area contributed by atoms with Gasteiger partial charge in [-0.1, -0.05) is 12.1 Å². The van der Waals surface area contributed by atoms with Crippen molar-refractivity contribution in [2.75, 3.05) is 20.8 Å². The monoisotopic (exact) mass is 364 g/mol. The van der Waals surface area contributed by atoms with Gasteiger partial charge in [0.05, 0.1) is 19.8 Å². The largest absolute Gasteiger partial charge is 0.493 e. The summed E-state index contributed by atoms with van der Waals surface area (Å²) in [5.74, 6) is -2.01. The van der Waals surface area contributed by atoms with Crippen LogP contribution in [0.25, 0.3) is 0 Å². The number of aryl methyl sites for hydroxylation is 1. The first-order valence-electron chi connectivity index (χ1n) is 7.80. The molecule has 0 heterocycles. The number of para-hydroxylation sites is 1. The van der Waals surface area contributed by atoms with Crippen LogP contribution in [0.4, 0.5) is 8.78 Å². The average Bonchev–Trinajstić information content (AvgIpc) is 2.65. The van der Waals surface area contributed by atoms with E-state index in [1.54, 1.807) is 18.2 Å². The molecule has 0 atom stereocenters. The Kier molecular flexibility index (Phi) is 6.66. The van der Waals surface area contributed by atoms with Gasteiger partial charge in [-0.25, -0.2) is 8.78 Å². The standard InChI is InChI=1S/C19H18F2O5/c1-24-17-5-3-4-12(19(17)25-2)6-9-18(23)26-11-16(22)14-10-13(20)7-8-15(14)21/h3-5,7-8,10H,6,9,11H2,1-2H3. The van der Waals surface area contributed by atoms with Crippen molar-refractivity contribution in [3.8, 4) is 11.5 Å². The number of hydrogen-bond acceptors (Lipinski definition) is 5. The highest BCUT2D eigenvalue weighted by Crippen LogP contribution is 2.31. The summed E-state index contributed by atoms with van der Waals surface area (Å²) in [6.45, 7) is -0.658. The number of ketones is 1. The van der Waals surface area contributed by atoms with Gasteiger partial charge in [-0.2, -0.15) is 0 Å². The fraction of sp³-hybridized carbons (Fsp3) is 0.263. The van der Waals surface area contributed by atoms with Crippen LogP contribution in [0.2, 0.25) is 0 Å². The van der Waals surface area contributed by atoms with Crippen molar-refractivity contribution in [3.05, 3.63) is 59.2 Å². The van der Waals surface area contributed by atoms with Crippen molar-refractivity contribution in [1.82, 2.24) is 0 Å². The first-order valence-corrected chi connectivity index (χ1v) is 7.80. The van der Waals surface area contributed by atoms with E-state index < -0.39 is 35.6 Å². The molecule has 0 amide bonds. The molecule has 2 aromatic rings. The van der Waals surface area contributed by atoms with Gasteiger partial charge in [0.2, 0.25) is 5.78 Å². The van der Waals surface area contributed by atoms with Gasteiger partial charge in [0.15, 0.2) is 18.1 Å². The summed E-state index contributed by atoms with van der Waals surface area (Å²) in [7, 11) is 3.00. The minimum Gasteiger partial charge on any atom is -0.493 e. The lowest BCUT2D eigenvalue weighted by atomic mass is 10.1. The number of carbonyl (C=O) groups excluding carboxylic acids is 2. The maximum absolute atomic E-state index is 13.5. The van der Waals surface area contributed by atoms with Crippen LogP contribution in [0.1, 0.15) is 22.3 Å². The molecular weight excluding hydrogens is 346 g/mol. The molecule has 138 valence electrons. The summed E-state index contributed by atoms with van der Waals surface area (Å²) in [6, 6.07) is 7.79. The predicted octanol–water partition coefficient (Wildman–Crippen LogP) is 3.34. The highest BCUT2D eigenvalue weighted by molar-refractivity contribution is 5.98. The number of methoxy groups -OCH3 is 2. The molecule has 0 spiro atoms. The SMILES string of the molecule is COc1cccc(CCC(=O)OCC(=O)c2cc(F)ccc2F)c1OC. The lowest BCUT2D eigenvalue weighted by molar-refractivity contribution is -0.142. The van der Waals surface area contributed by atoms with Crippen molar-refractivity contribution >= 4 is 11.8 Å². The van der Waals surface area contributed by atoms with Gasteiger partial charge in [-0.15, -0.1) is 0 Å². The van der Waals surface area contributed by atoms with Gasteiger partial charge in [0, 0.05) is 6.42 Å². The molecule has 2 rings (SSSR count). The van der Waals surface area contributed by atoms with Crippen LogP contribution in [0, 0.1) is 11.6 Å². The predicted molar refractivity (Wildman–Crippen MR) is 89.5 cm³/mol. The Morgan fingerprint density at radius 2 is 1.81 bits per heavy atom. The molecule has 0 N–H and O–H groups in total. The molecule has 0 unspecified atom stereocenters. The number of rotatable bonds is 8. The molecule has 0 fully saturated rings. The lowest BCUT2D eigenvalue weighted by Gasteiger charge is -2.12. The quantitative estimate of drug-likeness (QED) is 0.531. The third-order valence-corrected chi connectivity index (χ3v) is 3.68. The van der Waals surface area contributed by atoms with Gasteiger partial charge in [0.1, 0.15) is 11.6 Å². The number of halogens is 2. The number of ether oxygens (including phenoxy) is 3. The Balaban J connectivity index is 1.92. The molecule has 0 aliphatic heterocycles. The maximum atomic E-state index is 13.5. The summed E-state index contributed by atoms with van der Waals surface area (Å²) < 4.78 is 41.9. The van der Waals surface area contributed by atoms with Gasteiger partial charge < -0.3 is 14.2 Å². The van der Waals surface area contributed by atoms with Crippen LogP contribution in [0.5, 0.6) is 11.5 Å². The molecule has 2 aromatic carbocycles. The summed E-state index contributed by atoms with van der Waals surface area (Å²) >= 11 is 0. The molecular formula is C19H18F2O5. The third kappa shape index (κ3) is 4.78. The fourth-order valence-electron chi connectivity index (χ4n) is 2.39. The van der Waals surface area contributed by atoms with E-state index in [0.717, 1.165) is 23.8 Å². The molecule has 0 saturated carbocycles. The van der Waals surface area contributed by atoms with Crippen LogP contribution in [-0.4, -0.2) is 32.6 Å². The van der Waals surface area contributed by atoms with E-state index in [1.165, 1.54) is 14.2 Å². The zero-order valence-corrected chi connectivity index (χ0v) is 14.4. The van der Waals surface area contributed by atoms with Crippen molar-refractivity contribution in [2.24, 2.45) is 0 Å². The smallest absolute Gasteiger partial charge is 0.306 e. The zero-order valence-electron chi connectivity index (χ0n) is 14.4. The van der Waals surface area contributed by atoms with Gasteiger partial charge in [-0.05, 0) is 36.2 Å². The first-order chi connectivity index (χ1) is 12.5. The van der Waals surface area contributed by atoms with Crippen molar-refractivity contribution in [1.29, 1.82) is 0 Å². The summed E-state index contributed by atoms with van der Waals surface area (Å²) in [4.78, 5) is 23.7. The second-order valence-corrected chi connectivity index (χ2v) is 5.36. The topological polar surface area (TPSA) is 61.8 Å². The van der Waals surface area contributed by atoms with Crippen LogP contribution in [0.3, 0.4) is 0 Å². The Labute approximate surface area is 149 Å². The first kappa shape index (κ1) is 19.4. The molecule has 0 aliphatic carbocycles. The summed E-state index contributed by atoms with van der Waals surface area (Å²) in [5, 5.41) is 0. The van der Waals surface area contributed by atoms with E-state index in [2.05, 4.69) is 0 Å². The second-order valence-electron chi connectivity index (χ2n) is 5.36. The van der Waals surface area contributed by atoms with Crippen molar-refractivity contribution in [2.45, 2.75) is 12.8 Å². The summed E-state index contributed by atoms with van der Waals surface area (Å²) in [5.41, 5.74) is 0.290. The Hall–Kier alpha value is -2.96. The van der Waals surface area contributed by atoms with E-state index in [4.69, 9.17) is 14.2 Å². The lowest BCUT2D eigenvalue weighted by Crippen LogP contribution is -2.16. The number of benzene rings is 2. The normalized spacial score (nSPS) is 10.3. The fourth-order valence-corrected chi connectivity index (χ4v) is 2.39. The van der Waals surface area contributed by atoms with Crippen LogP contribution in [0.15, 0.2) is 36.4 Å². The molecule has 5 nitrogen and oxygen atoms in total. The Bertz CT molecular complexity index is 805. The van der Waals surface area contributed by atoms with Crippen molar-refractivity contribution in [3.63, 3.8) is 0 Å². The van der Waals surface area contributed by atoms with Gasteiger partial charge in [-0.3, -0.25) is 9.59 Å². The molecule has 0 radical (unpaired) electrons. The highest BCUT2D eigenvalue weighted by Gasteiger charge is 2.16. The van der Waals surface area contributed by atoms with Gasteiger partial charge in [0.25, 0.3) is 0 Å². The van der Waals surface area contributed by atoms with E-state index >= 15 is 0 Å². The maximum Gasteiger partial charge on any atom is 0.306 e. The number of hydrogen-bond donors (Lipinski definition) is 0. The number of Topliss-reactive ketones (excluding diaryl/α,β-unsaturated/α-hetero) is 1. The molecule has 0 saturated heterocycles. The van der Waals surface area contributed by atoms with Gasteiger partial charge >= 0.3 is 5.97 Å². The minimum atomic E-state index is -0.867. The average molecular weight is 364 g/mol. The second kappa shape index (κ2) is 8.94. The Morgan fingerprint density at radius 3 is 2.50 bits per heavy atom. The highest BCUT2D eigenvalue weighted by atomic mass is 19.1.